The average Bonchev–Trinajstić information content (AvgIpc) is 3.49. The summed E-state index contributed by atoms with van der Waals surface area (Å²) in [5.41, 5.74) is 3.09. The minimum atomic E-state index is -4.53. The van der Waals surface area contributed by atoms with Crippen molar-refractivity contribution < 1.29 is 23.1 Å². The van der Waals surface area contributed by atoms with Crippen LogP contribution in [0.3, 0.4) is 0 Å². The van der Waals surface area contributed by atoms with Crippen LogP contribution in [0.4, 0.5) is 24.7 Å². The quantitative estimate of drug-likeness (QED) is 0.141. The summed E-state index contributed by atoms with van der Waals surface area (Å²) in [4.78, 5) is 26.6. The lowest BCUT2D eigenvalue weighted by Gasteiger charge is -2.33. The summed E-state index contributed by atoms with van der Waals surface area (Å²) >= 11 is 0. The van der Waals surface area contributed by atoms with Crippen LogP contribution in [0.2, 0.25) is 0 Å². The van der Waals surface area contributed by atoms with E-state index in [9.17, 15) is 23.1 Å². The molecule has 8 nitrogen and oxygen atoms in total. The molecule has 1 fully saturated rings. The van der Waals surface area contributed by atoms with Gasteiger partial charge in [-0.05, 0) is 86.8 Å². The minimum Gasteiger partial charge on any atom is -0.384 e. The number of nitrogens with zero attached hydrogens (tertiary/aromatic N) is 5. The predicted molar refractivity (Wildman–Crippen MR) is 187 cm³/mol. The number of hydrogen-bond acceptors (Lipinski definition) is 7. The summed E-state index contributed by atoms with van der Waals surface area (Å²) in [6.07, 6.45) is -1.19. The molecule has 11 heteroatoms. The molecule has 1 saturated heterocycles. The zero-order valence-electron chi connectivity index (χ0n) is 28.5. The van der Waals surface area contributed by atoms with Gasteiger partial charge >= 0.3 is 6.18 Å². The van der Waals surface area contributed by atoms with Crippen molar-refractivity contribution in [3.05, 3.63) is 124 Å². The molecule has 1 aliphatic heterocycles. The molecule has 0 radical (unpaired) electrons. The Morgan fingerprint density at radius 3 is 2.50 bits per heavy atom. The summed E-state index contributed by atoms with van der Waals surface area (Å²) in [5.74, 6) is 6.58. The van der Waals surface area contributed by atoms with Crippen LogP contribution in [-0.4, -0.2) is 68.3 Å². The largest absolute Gasteiger partial charge is 0.416 e. The normalized spacial score (nSPS) is 14.4. The van der Waals surface area contributed by atoms with Gasteiger partial charge in [0.15, 0.2) is 11.4 Å². The molecule has 6 rings (SSSR count). The summed E-state index contributed by atoms with van der Waals surface area (Å²) in [6, 6.07) is 18.5. The maximum atomic E-state index is 14.1. The van der Waals surface area contributed by atoms with E-state index in [1.807, 2.05) is 47.7 Å². The van der Waals surface area contributed by atoms with Gasteiger partial charge in [-0.25, -0.2) is 9.97 Å². The molecule has 2 N–H and O–H groups in total. The number of carbonyl (C=O) groups is 1. The molecule has 0 aliphatic carbocycles. The number of rotatable bonds is 8. The molecule has 0 spiro atoms. The van der Waals surface area contributed by atoms with Crippen LogP contribution in [0.25, 0.3) is 5.65 Å². The Morgan fingerprint density at radius 1 is 0.980 bits per heavy atom. The van der Waals surface area contributed by atoms with E-state index in [1.54, 1.807) is 56.4 Å². The van der Waals surface area contributed by atoms with E-state index in [1.165, 1.54) is 6.07 Å². The van der Waals surface area contributed by atoms with Crippen molar-refractivity contribution in [3.63, 3.8) is 0 Å². The Labute approximate surface area is 289 Å². The van der Waals surface area contributed by atoms with Crippen molar-refractivity contribution in [3.8, 4) is 11.8 Å². The number of aliphatic hydroxyl groups is 1. The third-order valence-corrected chi connectivity index (χ3v) is 8.89. The van der Waals surface area contributed by atoms with Gasteiger partial charge in [0.05, 0.1) is 23.1 Å². The van der Waals surface area contributed by atoms with Gasteiger partial charge in [0.25, 0.3) is 0 Å². The van der Waals surface area contributed by atoms with Gasteiger partial charge in [-0.1, -0.05) is 36.3 Å². The molecular weight excluding hydrogens is 641 g/mol. The SMILES string of the molecule is Cc1ccc(C(=O)Cc2ccc(CN3CCN(C)CC3)c(C(F)(F)F)c2)cc1C#Cc1cnc2c(Nc3cccc(C(C)(C)O)n3)cccn12. The third kappa shape index (κ3) is 8.05. The smallest absolute Gasteiger partial charge is 0.384 e. The van der Waals surface area contributed by atoms with Crippen molar-refractivity contribution in [2.45, 2.75) is 45.5 Å². The number of ketones is 1. The number of carbonyl (C=O) groups excluding carboxylic acids is 1. The van der Waals surface area contributed by atoms with Crippen molar-refractivity contribution in [2.24, 2.45) is 0 Å². The van der Waals surface area contributed by atoms with E-state index in [0.29, 0.717) is 58.3 Å². The Morgan fingerprint density at radius 2 is 1.76 bits per heavy atom. The first-order valence-corrected chi connectivity index (χ1v) is 16.4. The molecule has 1 aliphatic rings. The molecule has 0 bridgehead atoms. The van der Waals surface area contributed by atoms with Crippen molar-refractivity contribution in [1.29, 1.82) is 0 Å². The van der Waals surface area contributed by atoms with E-state index >= 15 is 0 Å². The maximum absolute atomic E-state index is 14.1. The molecule has 0 saturated carbocycles. The van der Waals surface area contributed by atoms with Gasteiger partial charge in [0.1, 0.15) is 17.1 Å². The molecule has 0 unspecified atom stereocenters. The van der Waals surface area contributed by atoms with Crippen molar-refractivity contribution >= 4 is 22.9 Å². The maximum Gasteiger partial charge on any atom is 0.416 e. The van der Waals surface area contributed by atoms with Crippen LogP contribution >= 0.6 is 0 Å². The number of imidazole rings is 1. The van der Waals surface area contributed by atoms with Gasteiger partial charge in [0.2, 0.25) is 0 Å². The second-order valence-corrected chi connectivity index (χ2v) is 13.3. The van der Waals surface area contributed by atoms with E-state index in [0.717, 1.165) is 24.7 Å². The van der Waals surface area contributed by atoms with Gasteiger partial charge in [0, 0.05) is 56.5 Å². The molecule has 0 amide bonds. The highest BCUT2D eigenvalue weighted by atomic mass is 19.4. The highest BCUT2D eigenvalue weighted by Crippen LogP contribution is 2.34. The topological polar surface area (TPSA) is 86.0 Å². The van der Waals surface area contributed by atoms with Crippen LogP contribution < -0.4 is 5.32 Å². The van der Waals surface area contributed by atoms with Crippen LogP contribution in [0.15, 0.2) is 79.1 Å². The van der Waals surface area contributed by atoms with E-state index < -0.39 is 17.3 Å². The number of anilines is 2. The lowest BCUT2D eigenvalue weighted by atomic mass is 9.96. The van der Waals surface area contributed by atoms with Gasteiger partial charge < -0.3 is 15.3 Å². The summed E-state index contributed by atoms with van der Waals surface area (Å²) in [6.45, 7) is 8.50. The van der Waals surface area contributed by atoms with Gasteiger partial charge in [-0.2, -0.15) is 13.2 Å². The molecule has 258 valence electrons. The van der Waals surface area contributed by atoms with Crippen LogP contribution in [-0.2, 0) is 24.7 Å². The second-order valence-electron chi connectivity index (χ2n) is 13.3. The first kappa shape index (κ1) is 34.8. The standard InChI is InChI=1S/C39H39F3N6O2/c1-26-10-12-29(34(49)22-27-11-13-30(32(21-27)39(40,41)42)25-47-19-17-46(4)18-20-47)23-28(26)14-15-31-24-43-37-33(7-6-16-48(31)37)44-36-9-5-8-35(45-36)38(2,3)50/h5-13,16,21,23-24,50H,17-20,22,25H2,1-4H3,(H,44,45). The molecule has 2 aromatic carbocycles. The number of aryl methyl sites for hydroxylation is 1. The van der Waals surface area contributed by atoms with Crippen LogP contribution in [0, 0.1) is 18.8 Å². The third-order valence-electron chi connectivity index (χ3n) is 8.89. The van der Waals surface area contributed by atoms with Crippen LogP contribution in [0.5, 0.6) is 0 Å². The Hall–Kier alpha value is -5.02. The zero-order chi connectivity index (χ0) is 35.6. The lowest BCUT2D eigenvalue weighted by molar-refractivity contribution is -0.138. The summed E-state index contributed by atoms with van der Waals surface area (Å²) < 4.78 is 44.2. The molecule has 0 atom stereocenters. The molecule has 3 aromatic heterocycles. The van der Waals surface area contributed by atoms with E-state index in [4.69, 9.17) is 0 Å². The number of fused-ring (bicyclic) bond motifs is 1. The lowest BCUT2D eigenvalue weighted by Crippen LogP contribution is -2.44. The van der Waals surface area contributed by atoms with Gasteiger partial charge in [-0.3, -0.25) is 14.1 Å². The van der Waals surface area contributed by atoms with Gasteiger partial charge in [-0.15, -0.1) is 0 Å². The number of halogens is 3. The number of nitrogens with one attached hydrogen (secondary N) is 1. The van der Waals surface area contributed by atoms with Crippen LogP contribution in [0.1, 0.15) is 63.4 Å². The van der Waals surface area contributed by atoms with Crippen molar-refractivity contribution in [2.75, 3.05) is 38.5 Å². The van der Waals surface area contributed by atoms with Crippen molar-refractivity contribution in [1.82, 2.24) is 24.2 Å². The highest BCUT2D eigenvalue weighted by Gasteiger charge is 2.34. The Bertz CT molecular complexity index is 2100. The number of Topliss-reactive ketones (excluding diaryl/α,β-unsaturated/α-hetero) is 1. The summed E-state index contributed by atoms with van der Waals surface area (Å²) in [7, 11) is 2.00. The number of pyridine rings is 2. The first-order chi connectivity index (χ1) is 23.7. The Kier molecular flexibility index (Phi) is 9.80. The minimum absolute atomic E-state index is 0.162. The molecule has 5 aromatic rings. The van der Waals surface area contributed by atoms with E-state index in [2.05, 4.69) is 32.0 Å². The number of alkyl halides is 3. The van der Waals surface area contributed by atoms with E-state index in [-0.39, 0.29) is 24.3 Å². The monoisotopic (exact) mass is 680 g/mol. The molecule has 4 heterocycles. The number of likely N-dealkylation sites (N-methyl/N-ethyl adjacent to an activating group) is 1. The fourth-order valence-corrected chi connectivity index (χ4v) is 5.92. The number of benzene rings is 2. The second kappa shape index (κ2) is 14.1. The number of hydrogen-bond donors (Lipinski definition) is 2. The predicted octanol–water partition coefficient (Wildman–Crippen LogP) is 6.60. The fourth-order valence-electron chi connectivity index (χ4n) is 5.92. The Balaban J connectivity index is 1.20. The number of piperazine rings is 1. The fraction of sp³-hybridized carbons (Fsp3) is 0.308. The number of aromatic nitrogens is 3. The summed E-state index contributed by atoms with van der Waals surface area (Å²) in [5, 5.41) is 13.6. The first-order valence-electron chi connectivity index (χ1n) is 16.4. The highest BCUT2D eigenvalue weighted by molar-refractivity contribution is 5.98. The molecule has 50 heavy (non-hydrogen) atoms. The zero-order valence-corrected chi connectivity index (χ0v) is 28.5. The average molecular weight is 681 g/mol. The molecular formula is C39H39F3N6O2.